The summed E-state index contributed by atoms with van der Waals surface area (Å²) in [5.41, 5.74) is 0. The molecule has 0 aliphatic carbocycles. The minimum Gasteiger partial charge on any atom is -0.332 e. The minimum absolute atomic E-state index is 0.00763. The van der Waals surface area contributed by atoms with E-state index in [1.165, 1.54) is 9.21 Å². The highest BCUT2D eigenvalue weighted by atomic mass is 79.9. The molecule has 1 aliphatic rings. The Labute approximate surface area is 134 Å². The monoisotopic (exact) mass is 372 g/mol. The SMILES string of the molecule is C[C@H](C#N)C[NH+]1CCN(S(=O)(=O)c2cccc(Br)c2)CC1. The number of nitrogens with zero attached hydrogens (tertiary/aromatic N) is 2. The molecule has 1 aromatic rings. The van der Waals surface area contributed by atoms with Crippen LogP contribution < -0.4 is 4.90 Å². The summed E-state index contributed by atoms with van der Waals surface area (Å²) in [6, 6.07) is 9.02. The van der Waals surface area contributed by atoms with Crippen LogP contribution in [0.3, 0.4) is 0 Å². The van der Waals surface area contributed by atoms with Gasteiger partial charge in [-0.2, -0.15) is 9.57 Å². The van der Waals surface area contributed by atoms with E-state index in [0.29, 0.717) is 18.0 Å². The zero-order valence-electron chi connectivity index (χ0n) is 11.9. The Morgan fingerprint density at radius 3 is 2.67 bits per heavy atom. The van der Waals surface area contributed by atoms with Gasteiger partial charge in [0.05, 0.1) is 49.6 Å². The third kappa shape index (κ3) is 4.04. The molecule has 0 unspecified atom stereocenters. The van der Waals surface area contributed by atoms with Gasteiger partial charge in [-0.05, 0) is 25.1 Å². The van der Waals surface area contributed by atoms with Crippen LogP contribution >= 0.6 is 15.9 Å². The number of nitriles is 1. The second kappa shape index (κ2) is 6.88. The van der Waals surface area contributed by atoms with Crippen molar-refractivity contribution in [3.05, 3.63) is 28.7 Å². The van der Waals surface area contributed by atoms with Gasteiger partial charge in [0.15, 0.2) is 0 Å². The predicted octanol–water partition coefficient (Wildman–Crippen LogP) is 0.498. The lowest BCUT2D eigenvalue weighted by Crippen LogP contribution is -3.15. The van der Waals surface area contributed by atoms with Crippen LogP contribution in [0.4, 0.5) is 0 Å². The molecule has 0 saturated carbocycles. The highest BCUT2D eigenvalue weighted by molar-refractivity contribution is 9.10. The smallest absolute Gasteiger partial charge is 0.243 e. The summed E-state index contributed by atoms with van der Waals surface area (Å²) in [7, 11) is -3.42. The first-order valence-corrected chi connectivity index (χ1v) is 9.15. The van der Waals surface area contributed by atoms with E-state index in [-0.39, 0.29) is 5.92 Å². The van der Waals surface area contributed by atoms with Crippen LogP contribution in [0.2, 0.25) is 0 Å². The number of halogens is 1. The zero-order chi connectivity index (χ0) is 15.5. The van der Waals surface area contributed by atoms with Crippen molar-refractivity contribution >= 4 is 26.0 Å². The fraction of sp³-hybridized carbons (Fsp3) is 0.500. The van der Waals surface area contributed by atoms with Crippen molar-refractivity contribution in [2.75, 3.05) is 32.7 Å². The van der Waals surface area contributed by atoms with E-state index in [0.717, 1.165) is 24.1 Å². The average Bonchev–Trinajstić information content (AvgIpc) is 2.47. The van der Waals surface area contributed by atoms with Gasteiger partial charge in [0.2, 0.25) is 10.0 Å². The number of nitrogens with one attached hydrogen (secondary N) is 1. The average molecular weight is 373 g/mol. The molecule has 1 fully saturated rings. The van der Waals surface area contributed by atoms with Crippen molar-refractivity contribution in [1.82, 2.24) is 4.31 Å². The Morgan fingerprint density at radius 2 is 2.10 bits per heavy atom. The molecule has 1 saturated heterocycles. The van der Waals surface area contributed by atoms with Gasteiger partial charge in [-0.15, -0.1) is 0 Å². The van der Waals surface area contributed by atoms with Crippen LogP contribution in [0.1, 0.15) is 6.92 Å². The molecule has 0 aromatic heterocycles. The number of sulfonamides is 1. The molecule has 0 spiro atoms. The second-order valence-corrected chi connectivity index (χ2v) is 8.20. The number of rotatable bonds is 4. The summed E-state index contributed by atoms with van der Waals surface area (Å²) >= 11 is 3.31. The second-order valence-electron chi connectivity index (χ2n) is 5.35. The van der Waals surface area contributed by atoms with E-state index >= 15 is 0 Å². The first-order chi connectivity index (χ1) is 9.93. The van der Waals surface area contributed by atoms with Gasteiger partial charge in [0, 0.05) is 4.47 Å². The normalized spacial score (nSPS) is 19.1. The summed E-state index contributed by atoms with van der Waals surface area (Å²) < 4.78 is 27.4. The molecule has 2 rings (SSSR count). The first-order valence-electron chi connectivity index (χ1n) is 6.92. The zero-order valence-corrected chi connectivity index (χ0v) is 14.3. The molecular weight excluding hydrogens is 354 g/mol. The van der Waals surface area contributed by atoms with Gasteiger partial charge in [-0.1, -0.05) is 22.0 Å². The molecule has 7 heteroatoms. The molecule has 1 atom stereocenters. The molecule has 0 amide bonds. The molecular formula is C14H19BrN3O2S+. The van der Waals surface area contributed by atoms with Crippen molar-refractivity contribution in [1.29, 1.82) is 5.26 Å². The van der Waals surface area contributed by atoms with E-state index in [9.17, 15) is 8.42 Å². The number of piperazine rings is 1. The molecule has 1 aromatic carbocycles. The van der Waals surface area contributed by atoms with Crippen LogP contribution in [0.15, 0.2) is 33.6 Å². The van der Waals surface area contributed by atoms with E-state index in [4.69, 9.17) is 5.26 Å². The molecule has 5 nitrogen and oxygen atoms in total. The molecule has 1 aliphatic heterocycles. The number of hydrogen-bond acceptors (Lipinski definition) is 3. The fourth-order valence-corrected chi connectivity index (χ4v) is 4.54. The lowest BCUT2D eigenvalue weighted by Gasteiger charge is -2.32. The van der Waals surface area contributed by atoms with Crippen LogP contribution in [0.25, 0.3) is 0 Å². The Balaban J connectivity index is 2.03. The van der Waals surface area contributed by atoms with E-state index < -0.39 is 10.0 Å². The quantitative estimate of drug-likeness (QED) is 0.836. The largest absolute Gasteiger partial charge is 0.332 e. The Bertz CT molecular complexity index is 634. The highest BCUT2D eigenvalue weighted by Crippen LogP contribution is 2.19. The highest BCUT2D eigenvalue weighted by Gasteiger charge is 2.30. The summed E-state index contributed by atoms with van der Waals surface area (Å²) in [5, 5.41) is 8.85. The van der Waals surface area contributed by atoms with Crippen LogP contribution in [-0.4, -0.2) is 45.4 Å². The molecule has 0 radical (unpaired) electrons. The topological polar surface area (TPSA) is 65.6 Å². The predicted molar refractivity (Wildman–Crippen MR) is 83.2 cm³/mol. The standard InChI is InChI=1S/C14H18BrN3O2S/c1-12(10-16)11-17-5-7-18(8-6-17)21(19,20)14-4-2-3-13(15)9-14/h2-4,9,12H,5-8,11H2,1H3/p+1/t12-/m1/s1. The van der Waals surface area contributed by atoms with Crippen molar-refractivity contribution < 1.29 is 13.3 Å². The molecule has 1 heterocycles. The third-order valence-corrected chi connectivity index (χ3v) is 6.07. The fourth-order valence-electron chi connectivity index (χ4n) is 2.50. The lowest BCUT2D eigenvalue weighted by molar-refractivity contribution is -0.905. The van der Waals surface area contributed by atoms with E-state index in [2.05, 4.69) is 22.0 Å². The van der Waals surface area contributed by atoms with Crippen LogP contribution in [-0.2, 0) is 10.0 Å². The summed E-state index contributed by atoms with van der Waals surface area (Å²) in [5.74, 6) is 0.00763. The Morgan fingerprint density at radius 1 is 1.43 bits per heavy atom. The van der Waals surface area contributed by atoms with Gasteiger partial charge in [0.25, 0.3) is 0 Å². The number of hydrogen-bond donors (Lipinski definition) is 1. The van der Waals surface area contributed by atoms with Crippen molar-refractivity contribution in [3.63, 3.8) is 0 Å². The Hall–Kier alpha value is -0.940. The summed E-state index contributed by atoms with van der Waals surface area (Å²) in [4.78, 5) is 1.62. The maximum Gasteiger partial charge on any atom is 0.243 e. The van der Waals surface area contributed by atoms with Crippen LogP contribution in [0.5, 0.6) is 0 Å². The number of benzene rings is 1. The summed E-state index contributed by atoms with van der Waals surface area (Å²) in [6.45, 7) is 5.18. The molecule has 1 N–H and O–H groups in total. The van der Waals surface area contributed by atoms with Crippen molar-refractivity contribution in [2.24, 2.45) is 5.92 Å². The maximum atomic E-state index is 12.6. The number of quaternary nitrogens is 1. The maximum absolute atomic E-state index is 12.6. The van der Waals surface area contributed by atoms with Gasteiger partial charge < -0.3 is 4.90 Å². The Kier molecular flexibility index (Phi) is 5.38. The first kappa shape index (κ1) is 16.4. The van der Waals surface area contributed by atoms with Crippen molar-refractivity contribution in [2.45, 2.75) is 11.8 Å². The van der Waals surface area contributed by atoms with Gasteiger partial charge in [0.1, 0.15) is 0 Å². The van der Waals surface area contributed by atoms with E-state index in [1.54, 1.807) is 18.2 Å². The van der Waals surface area contributed by atoms with Gasteiger partial charge in [-0.25, -0.2) is 8.42 Å². The minimum atomic E-state index is -3.42. The van der Waals surface area contributed by atoms with Crippen LogP contribution in [0, 0.1) is 17.2 Å². The molecule has 0 bridgehead atoms. The molecule has 114 valence electrons. The van der Waals surface area contributed by atoms with Crippen molar-refractivity contribution in [3.8, 4) is 6.07 Å². The van der Waals surface area contributed by atoms with Gasteiger partial charge in [-0.3, -0.25) is 0 Å². The lowest BCUT2D eigenvalue weighted by atomic mass is 10.2. The third-order valence-electron chi connectivity index (χ3n) is 3.68. The van der Waals surface area contributed by atoms with E-state index in [1.807, 2.05) is 13.0 Å². The summed E-state index contributed by atoms with van der Waals surface area (Å²) in [6.07, 6.45) is 0. The molecule has 21 heavy (non-hydrogen) atoms. The van der Waals surface area contributed by atoms with Gasteiger partial charge >= 0.3 is 0 Å².